The number of aromatic nitrogens is 2. The van der Waals surface area contributed by atoms with Gasteiger partial charge in [-0.3, -0.25) is 4.79 Å². The monoisotopic (exact) mass is 329 g/mol. The van der Waals surface area contributed by atoms with Crippen LogP contribution >= 0.6 is 0 Å². The molecule has 0 spiro atoms. The molecule has 0 radical (unpaired) electrons. The normalized spacial score (nSPS) is 16.6. The van der Waals surface area contributed by atoms with Gasteiger partial charge in [0.2, 0.25) is 17.6 Å². The first-order chi connectivity index (χ1) is 11.7. The van der Waals surface area contributed by atoms with E-state index in [0.29, 0.717) is 17.5 Å². The number of benzene rings is 1. The molecule has 1 atom stereocenters. The van der Waals surface area contributed by atoms with Gasteiger partial charge in [0.25, 0.3) is 0 Å². The van der Waals surface area contributed by atoms with Gasteiger partial charge in [-0.2, -0.15) is 4.98 Å². The molecule has 6 heteroatoms. The molecule has 6 nitrogen and oxygen atoms in total. The minimum absolute atomic E-state index is 0.0826. The molecule has 0 bridgehead atoms. The number of nitrogens with one attached hydrogen (secondary N) is 1. The van der Waals surface area contributed by atoms with E-state index in [2.05, 4.69) is 15.5 Å². The number of hydrogen-bond acceptors (Lipinski definition) is 5. The molecule has 1 aromatic carbocycles. The third-order valence-corrected chi connectivity index (χ3v) is 4.49. The van der Waals surface area contributed by atoms with Gasteiger partial charge in [-0.25, -0.2) is 0 Å². The number of rotatable bonds is 5. The molecule has 24 heavy (non-hydrogen) atoms. The van der Waals surface area contributed by atoms with Gasteiger partial charge in [0.1, 0.15) is 11.8 Å². The zero-order valence-electron chi connectivity index (χ0n) is 14.1. The smallest absolute Gasteiger partial charge is 0.249 e. The highest BCUT2D eigenvalue weighted by Crippen LogP contribution is 2.28. The predicted octanol–water partition coefficient (Wildman–Crippen LogP) is 3.50. The summed E-state index contributed by atoms with van der Waals surface area (Å²) in [6.45, 7) is 1.86. The second kappa shape index (κ2) is 7.47. The summed E-state index contributed by atoms with van der Waals surface area (Å²) >= 11 is 0. The van der Waals surface area contributed by atoms with Crippen molar-refractivity contribution in [1.29, 1.82) is 0 Å². The average Bonchev–Trinajstić information content (AvgIpc) is 3.12. The number of ether oxygens (including phenoxy) is 1. The SMILES string of the molecule is COc1ccccc1-c1noc(C(C)NC(=O)C2CCCCC2)n1. The maximum atomic E-state index is 12.3. The number of para-hydroxylation sites is 1. The Balaban J connectivity index is 1.69. The van der Waals surface area contributed by atoms with Crippen molar-refractivity contribution >= 4 is 5.91 Å². The van der Waals surface area contributed by atoms with Crippen LogP contribution in [0.3, 0.4) is 0 Å². The van der Waals surface area contributed by atoms with Crippen molar-refractivity contribution < 1.29 is 14.1 Å². The van der Waals surface area contributed by atoms with Gasteiger partial charge in [-0.1, -0.05) is 36.6 Å². The minimum atomic E-state index is -0.310. The lowest BCUT2D eigenvalue weighted by Gasteiger charge is -2.22. The summed E-state index contributed by atoms with van der Waals surface area (Å²) in [7, 11) is 1.60. The van der Waals surface area contributed by atoms with E-state index >= 15 is 0 Å². The Labute approximate surface area is 141 Å². The van der Waals surface area contributed by atoms with E-state index in [1.165, 1.54) is 6.42 Å². The van der Waals surface area contributed by atoms with E-state index in [0.717, 1.165) is 31.2 Å². The summed E-state index contributed by atoms with van der Waals surface area (Å²) in [4.78, 5) is 16.8. The van der Waals surface area contributed by atoms with Crippen molar-refractivity contribution in [1.82, 2.24) is 15.5 Å². The van der Waals surface area contributed by atoms with Crippen molar-refractivity contribution in [2.45, 2.75) is 45.1 Å². The lowest BCUT2D eigenvalue weighted by Crippen LogP contribution is -2.33. The van der Waals surface area contributed by atoms with Crippen molar-refractivity contribution in [2.24, 2.45) is 5.92 Å². The average molecular weight is 329 g/mol. The fourth-order valence-corrected chi connectivity index (χ4v) is 3.11. The van der Waals surface area contributed by atoms with Crippen LogP contribution in [0.2, 0.25) is 0 Å². The van der Waals surface area contributed by atoms with Gasteiger partial charge in [0.05, 0.1) is 12.7 Å². The van der Waals surface area contributed by atoms with Crippen LogP contribution < -0.4 is 10.1 Å². The fourth-order valence-electron chi connectivity index (χ4n) is 3.11. The number of carbonyl (C=O) groups excluding carboxylic acids is 1. The molecule has 1 unspecified atom stereocenters. The largest absolute Gasteiger partial charge is 0.496 e. The van der Waals surface area contributed by atoms with Crippen LogP contribution in [0.4, 0.5) is 0 Å². The molecule has 1 N–H and O–H groups in total. The molecular weight excluding hydrogens is 306 g/mol. The lowest BCUT2D eigenvalue weighted by molar-refractivity contribution is -0.126. The summed E-state index contributed by atoms with van der Waals surface area (Å²) in [5.74, 6) is 1.74. The first kappa shape index (κ1) is 16.5. The summed E-state index contributed by atoms with van der Waals surface area (Å²) in [5.41, 5.74) is 0.765. The zero-order chi connectivity index (χ0) is 16.9. The highest BCUT2D eigenvalue weighted by Gasteiger charge is 2.25. The number of methoxy groups -OCH3 is 1. The van der Waals surface area contributed by atoms with Crippen molar-refractivity contribution in [2.75, 3.05) is 7.11 Å². The van der Waals surface area contributed by atoms with Crippen LogP contribution in [-0.4, -0.2) is 23.2 Å². The van der Waals surface area contributed by atoms with Gasteiger partial charge < -0.3 is 14.6 Å². The van der Waals surface area contributed by atoms with E-state index in [-0.39, 0.29) is 17.9 Å². The zero-order valence-corrected chi connectivity index (χ0v) is 14.1. The summed E-state index contributed by atoms with van der Waals surface area (Å²) in [6.07, 6.45) is 5.42. The van der Waals surface area contributed by atoms with Crippen LogP contribution in [-0.2, 0) is 4.79 Å². The standard InChI is InChI=1S/C18H23N3O3/c1-12(19-17(22)13-8-4-3-5-9-13)18-20-16(21-24-18)14-10-6-7-11-15(14)23-2/h6-7,10-13H,3-5,8-9H2,1-2H3,(H,19,22). The number of hydrogen-bond donors (Lipinski definition) is 1. The molecule has 1 amide bonds. The quantitative estimate of drug-likeness (QED) is 0.908. The topological polar surface area (TPSA) is 77.3 Å². The van der Waals surface area contributed by atoms with Crippen LogP contribution in [0.1, 0.15) is 51.0 Å². The summed E-state index contributed by atoms with van der Waals surface area (Å²) in [5, 5.41) is 7.01. The van der Waals surface area contributed by atoms with Crippen molar-refractivity contribution in [3.8, 4) is 17.1 Å². The van der Waals surface area contributed by atoms with Crippen molar-refractivity contribution in [3.63, 3.8) is 0 Å². The highest BCUT2D eigenvalue weighted by atomic mass is 16.5. The number of carbonyl (C=O) groups is 1. The molecule has 0 saturated heterocycles. The maximum absolute atomic E-state index is 12.3. The minimum Gasteiger partial charge on any atom is -0.496 e. The van der Waals surface area contributed by atoms with Crippen LogP contribution in [0.25, 0.3) is 11.4 Å². The molecule has 2 aromatic rings. The Bertz CT molecular complexity index is 692. The molecule has 1 saturated carbocycles. The third kappa shape index (κ3) is 3.58. The third-order valence-electron chi connectivity index (χ3n) is 4.49. The molecule has 1 aromatic heterocycles. The van der Waals surface area contributed by atoms with Gasteiger partial charge in [0, 0.05) is 5.92 Å². The molecule has 1 aliphatic rings. The van der Waals surface area contributed by atoms with E-state index < -0.39 is 0 Å². The molecule has 1 fully saturated rings. The van der Waals surface area contributed by atoms with Gasteiger partial charge in [-0.05, 0) is 31.9 Å². The van der Waals surface area contributed by atoms with E-state index in [9.17, 15) is 4.79 Å². The first-order valence-corrected chi connectivity index (χ1v) is 8.46. The molecule has 1 aliphatic carbocycles. The molecular formula is C18H23N3O3. The van der Waals surface area contributed by atoms with Crippen LogP contribution in [0.5, 0.6) is 5.75 Å². The predicted molar refractivity (Wildman–Crippen MR) is 89.4 cm³/mol. The first-order valence-electron chi connectivity index (χ1n) is 8.46. The lowest BCUT2D eigenvalue weighted by atomic mass is 9.88. The molecule has 3 rings (SSSR count). The Hall–Kier alpha value is -2.37. The summed E-state index contributed by atoms with van der Waals surface area (Å²) in [6, 6.07) is 7.19. The van der Waals surface area contributed by atoms with E-state index in [4.69, 9.17) is 9.26 Å². The molecule has 128 valence electrons. The highest BCUT2D eigenvalue weighted by molar-refractivity contribution is 5.79. The number of amides is 1. The molecule has 0 aliphatic heterocycles. The van der Waals surface area contributed by atoms with Gasteiger partial charge in [-0.15, -0.1) is 0 Å². The van der Waals surface area contributed by atoms with Crippen LogP contribution in [0.15, 0.2) is 28.8 Å². The Morgan fingerprint density at radius 2 is 2.04 bits per heavy atom. The van der Waals surface area contributed by atoms with Gasteiger partial charge in [0.15, 0.2) is 0 Å². The van der Waals surface area contributed by atoms with Crippen LogP contribution in [0, 0.1) is 5.92 Å². The Morgan fingerprint density at radius 1 is 1.29 bits per heavy atom. The summed E-state index contributed by atoms with van der Waals surface area (Å²) < 4.78 is 10.7. The Morgan fingerprint density at radius 3 is 2.79 bits per heavy atom. The van der Waals surface area contributed by atoms with Gasteiger partial charge >= 0.3 is 0 Å². The second-order valence-corrected chi connectivity index (χ2v) is 6.22. The maximum Gasteiger partial charge on any atom is 0.249 e. The van der Waals surface area contributed by atoms with Crippen molar-refractivity contribution in [3.05, 3.63) is 30.2 Å². The fraction of sp³-hybridized carbons (Fsp3) is 0.500. The van der Waals surface area contributed by atoms with E-state index in [1.54, 1.807) is 7.11 Å². The second-order valence-electron chi connectivity index (χ2n) is 6.22. The Kier molecular flexibility index (Phi) is 5.13. The van der Waals surface area contributed by atoms with E-state index in [1.807, 2.05) is 31.2 Å². The molecule has 1 heterocycles. The number of nitrogens with zero attached hydrogens (tertiary/aromatic N) is 2.